The van der Waals surface area contributed by atoms with Crippen LogP contribution >= 0.6 is 0 Å². The van der Waals surface area contributed by atoms with Gasteiger partial charge in [0.05, 0.1) is 4.92 Å². The third-order valence-corrected chi connectivity index (χ3v) is 2.28. The van der Waals surface area contributed by atoms with E-state index < -0.39 is 0 Å². The minimum Gasteiger partial charge on any atom is -0.372 e. The Kier molecular flexibility index (Phi) is 3.84. The second kappa shape index (κ2) is 4.94. The van der Waals surface area contributed by atoms with E-state index in [0.717, 1.165) is 5.56 Å². The van der Waals surface area contributed by atoms with E-state index in [1.54, 1.807) is 31.1 Å². The van der Waals surface area contributed by atoms with E-state index in [1.165, 1.54) is 0 Å². The van der Waals surface area contributed by atoms with Crippen LogP contribution in [0.15, 0.2) is 18.2 Å². The van der Waals surface area contributed by atoms with Crippen LogP contribution in [0.5, 0.6) is 0 Å². The summed E-state index contributed by atoms with van der Waals surface area (Å²) in [6, 6.07) is 5.24. The first kappa shape index (κ1) is 12.4. The van der Waals surface area contributed by atoms with E-state index in [0.29, 0.717) is 12.1 Å². The lowest BCUT2D eigenvalue weighted by molar-refractivity contribution is -0.384. The number of nitro benzene ring substituents is 1. The lowest BCUT2D eigenvalue weighted by atomic mass is 10.1. The molecule has 2 N–H and O–H groups in total. The van der Waals surface area contributed by atoms with Crippen LogP contribution in [-0.2, 0) is 6.42 Å². The zero-order chi connectivity index (χ0) is 12.3. The number of nitrogens with two attached hydrogens (primary N) is 1. The van der Waals surface area contributed by atoms with Crippen molar-refractivity contribution in [1.29, 1.82) is 0 Å². The summed E-state index contributed by atoms with van der Waals surface area (Å²) in [5, 5.41) is 10.9. The zero-order valence-corrected chi connectivity index (χ0v) is 9.80. The zero-order valence-electron chi connectivity index (χ0n) is 9.80. The molecule has 0 heterocycles. The summed E-state index contributed by atoms with van der Waals surface area (Å²) in [5.41, 5.74) is 7.30. The first-order chi connectivity index (χ1) is 7.41. The second-order valence-corrected chi connectivity index (χ2v) is 4.16. The molecule has 1 rings (SSSR count). The highest BCUT2D eigenvalue weighted by Gasteiger charge is 2.16. The van der Waals surface area contributed by atoms with Crippen LogP contribution in [0.4, 0.5) is 11.4 Å². The molecule has 1 aromatic carbocycles. The number of benzene rings is 1. The van der Waals surface area contributed by atoms with E-state index in [2.05, 4.69) is 0 Å². The van der Waals surface area contributed by atoms with Crippen LogP contribution in [0.3, 0.4) is 0 Å². The third kappa shape index (κ3) is 2.93. The van der Waals surface area contributed by atoms with Crippen molar-refractivity contribution in [2.24, 2.45) is 5.73 Å². The summed E-state index contributed by atoms with van der Waals surface area (Å²) in [5.74, 6) is 0. The van der Waals surface area contributed by atoms with Gasteiger partial charge in [-0.05, 0) is 25.0 Å². The summed E-state index contributed by atoms with van der Waals surface area (Å²) in [4.78, 5) is 12.3. The van der Waals surface area contributed by atoms with E-state index in [1.807, 2.05) is 13.0 Å². The monoisotopic (exact) mass is 223 g/mol. The molecule has 0 aliphatic carbocycles. The molecule has 0 saturated carbocycles. The van der Waals surface area contributed by atoms with Crippen molar-refractivity contribution in [2.45, 2.75) is 19.4 Å². The van der Waals surface area contributed by atoms with Crippen molar-refractivity contribution in [3.63, 3.8) is 0 Å². The number of rotatable bonds is 4. The molecule has 1 unspecified atom stereocenters. The van der Waals surface area contributed by atoms with Gasteiger partial charge in [0.1, 0.15) is 5.69 Å². The number of hydrogen-bond donors (Lipinski definition) is 1. The Morgan fingerprint density at radius 2 is 2.12 bits per heavy atom. The summed E-state index contributed by atoms with van der Waals surface area (Å²) in [6.07, 6.45) is 0.647. The molecule has 88 valence electrons. The molecule has 0 amide bonds. The lowest BCUT2D eigenvalue weighted by Gasteiger charge is -2.14. The van der Waals surface area contributed by atoms with Crippen LogP contribution in [0.1, 0.15) is 12.5 Å². The van der Waals surface area contributed by atoms with Gasteiger partial charge in [-0.3, -0.25) is 10.1 Å². The van der Waals surface area contributed by atoms with Crippen molar-refractivity contribution in [3.05, 3.63) is 33.9 Å². The van der Waals surface area contributed by atoms with Gasteiger partial charge < -0.3 is 10.6 Å². The molecular weight excluding hydrogens is 206 g/mol. The molecule has 0 fully saturated rings. The predicted molar refractivity (Wildman–Crippen MR) is 64.8 cm³/mol. The molecule has 5 heteroatoms. The average Bonchev–Trinajstić information content (AvgIpc) is 2.16. The quantitative estimate of drug-likeness (QED) is 0.621. The van der Waals surface area contributed by atoms with E-state index >= 15 is 0 Å². The molecule has 16 heavy (non-hydrogen) atoms. The fraction of sp³-hybridized carbons (Fsp3) is 0.455. The maximum absolute atomic E-state index is 10.9. The van der Waals surface area contributed by atoms with Crippen LogP contribution < -0.4 is 10.6 Å². The van der Waals surface area contributed by atoms with Crippen LogP contribution in [0.2, 0.25) is 0 Å². The number of anilines is 1. The van der Waals surface area contributed by atoms with Crippen LogP contribution in [0.25, 0.3) is 0 Å². The predicted octanol–water partition coefficient (Wildman–Crippen LogP) is 1.55. The van der Waals surface area contributed by atoms with Gasteiger partial charge in [0.25, 0.3) is 5.69 Å². The van der Waals surface area contributed by atoms with Gasteiger partial charge in [-0.15, -0.1) is 0 Å². The first-order valence-electron chi connectivity index (χ1n) is 5.12. The van der Waals surface area contributed by atoms with Crippen molar-refractivity contribution in [2.75, 3.05) is 19.0 Å². The van der Waals surface area contributed by atoms with Gasteiger partial charge in [0.2, 0.25) is 0 Å². The molecular formula is C11H17N3O2. The summed E-state index contributed by atoms with van der Waals surface area (Å²) in [7, 11) is 3.57. The van der Waals surface area contributed by atoms with Gasteiger partial charge in [-0.25, -0.2) is 0 Å². The van der Waals surface area contributed by atoms with E-state index in [9.17, 15) is 10.1 Å². The van der Waals surface area contributed by atoms with Crippen molar-refractivity contribution >= 4 is 11.4 Å². The van der Waals surface area contributed by atoms with E-state index in [-0.39, 0.29) is 16.7 Å². The maximum Gasteiger partial charge on any atom is 0.292 e. The molecule has 0 radical (unpaired) electrons. The topological polar surface area (TPSA) is 72.4 Å². The smallest absolute Gasteiger partial charge is 0.292 e. The normalized spacial score (nSPS) is 12.2. The number of hydrogen-bond acceptors (Lipinski definition) is 4. The fourth-order valence-corrected chi connectivity index (χ4v) is 1.59. The molecule has 0 aliphatic heterocycles. The highest BCUT2D eigenvalue weighted by atomic mass is 16.6. The molecule has 1 atom stereocenters. The summed E-state index contributed by atoms with van der Waals surface area (Å²) < 4.78 is 0. The van der Waals surface area contributed by atoms with Gasteiger partial charge in [0.15, 0.2) is 0 Å². The lowest BCUT2D eigenvalue weighted by Crippen LogP contribution is -2.18. The number of nitrogens with zero attached hydrogens (tertiary/aromatic N) is 2. The summed E-state index contributed by atoms with van der Waals surface area (Å²) in [6.45, 7) is 1.88. The molecule has 0 spiro atoms. The SMILES string of the molecule is CC(N)Cc1ccc(N(C)C)c([N+](=O)[O-])c1. The Labute approximate surface area is 95.0 Å². The van der Waals surface area contributed by atoms with E-state index in [4.69, 9.17) is 5.73 Å². The van der Waals surface area contributed by atoms with Crippen molar-refractivity contribution < 1.29 is 4.92 Å². The number of nitro groups is 1. The van der Waals surface area contributed by atoms with Crippen LogP contribution in [-0.4, -0.2) is 25.1 Å². The highest BCUT2D eigenvalue weighted by Crippen LogP contribution is 2.27. The third-order valence-electron chi connectivity index (χ3n) is 2.28. The minimum absolute atomic E-state index is 0.00445. The van der Waals surface area contributed by atoms with Crippen LogP contribution in [0, 0.1) is 10.1 Å². The highest BCUT2D eigenvalue weighted by molar-refractivity contribution is 5.63. The molecule has 0 bridgehead atoms. The Balaban J connectivity index is 3.12. The Morgan fingerprint density at radius 1 is 1.50 bits per heavy atom. The average molecular weight is 223 g/mol. The summed E-state index contributed by atoms with van der Waals surface area (Å²) >= 11 is 0. The minimum atomic E-state index is -0.361. The Morgan fingerprint density at radius 3 is 2.56 bits per heavy atom. The molecule has 5 nitrogen and oxygen atoms in total. The fourth-order valence-electron chi connectivity index (χ4n) is 1.59. The standard InChI is InChI=1S/C11H17N3O2/c1-8(12)6-9-4-5-10(13(2)3)11(7-9)14(15)16/h4-5,7-8H,6,12H2,1-3H3. The Bertz CT molecular complexity index is 389. The molecule has 0 aromatic heterocycles. The first-order valence-corrected chi connectivity index (χ1v) is 5.12. The van der Waals surface area contributed by atoms with Gasteiger partial charge in [-0.1, -0.05) is 6.07 Å². The van der Waals surface area contributed by atoms with Crippen molar-refractivity contribution in [3.8, 4) is 0 Å². The maximum atomic E-state index is 10.9. The van der Waals surface area contributed by atoms with Gasteiger partial charge in [-0.2, -0.15) is 0 Å². The van der Waals surface area contributed by atoms with Crippen molar-refractivity contribution in [1.82, 2.24) is 0 Å². The Hall–Kier alpha value is -1.62. The molecule has 0 saturated heterocycles. The second-order valence-electron chi connectivity index (χ2n) is 4.16. The molecule has 0 aliphatic rings. The molecule has 1 aromatic rings. The largest absolute Gasteiger partial charge is 0.372 e. The van der Waals surface area contributed by atoms with Gasteiger partial charge >= 0.3 is 0 Å². The van der Waals surface area contributed by atoms with Gasteiger partial charge in [0, 0.05) is 26.2 Å².